The quantitative estimate of drug-likeness (QED) is 0.155. The third-order valence-electron chi connectivity index (χ3n) is 8.31. The minimum absolute atomic E-state index is 0.583. The molecule has 0 atom stereocenters. The van der Waals surface area contributed by atoms with Crippen LogP contribution in [-0.4, -0.2) is 24.9 Å². The van der Waals surface area contributed by atoms with Crippen LogP contribution < -0.4 is 9.80 Å². The Kier molecular flexibility index (Phi) is 8.51. The standard InChI is InChI=1S/C43H31N7/c1-4-10-35(11-5-1)49(36-12-6-2-7-13-36)39-20-22-40(23-21-39)50(37-14-8-3-9-15-37)38-18-16-32(17-19-38)41-46-42(33-24-28-44-29-25-33)48-43(47-41)34-26-30-45-31-27-34/h1-31H. The van der Waals surface area contributed by atoms with Gasteiger partial charge in [-0.2, -0.15) is 0 Å². The van der Waals surface area contributed by atoms with Crippen LogP contribution in [0.2, 0.25) is 0 Å². The molecule has 3 heterocycles. The van der Waals surface area contributed by atoms with Crippen molar-refractivity contribution in [2.45, 2.75) is 0 Å². The van der Waals surface area contributed by atoms with Gasteiger partial charge in [0.2, 0.25) is 0 Å². The van der Waals surface area contributed by atoms with E-state index in [0.29, 0.717) is 17.5 Å². The van der Waals surface area contributed by atoms with Gasteiger partial charge in [-0.3, -0.25) is 9.97 Å². The molecule has 0 saturated carbocycles. The molecule has 0 bridgehead atoms. The molecular weight excluding hydrogens is 615 g/mol. The Morgan fingerprint density at radius 1 is 0.260 bits per heavy atom. The van der Waals surface area contributed by atoms with Crippen molar-refractivity contribution in [3.05, 3.63) is 189 Å². The van der Waals surface area contributed by atoms with Gasteiger partial charge in [0.05, 0.1) is 0 Å². The summed E-state index contributed by atoms with van der Waals surface area (Å²) < 4.78 is 0. The second kappa shape index (κ2) is 14.0. The largest absolute Gasteiger partial charge is 0.311 e. The van der Waals surface area contributed by atoms with E-state index in [-0.39, 0.29) is 0 Å². The number of hydrogen-bond acceptors (Lipinski definition) is 7. The average Bonchev–Trinajstić information content (AvgIpc) is 3.21. The number of aromatic nitrogens is 5. The Balaban J connectivity index is 1.17. The molecule has 8 rings (SSSR count). The summed E-state index contributed by atoms with van der Waals surface area (Å²) in [4.78, 5) is 27.4. The molecule has 238 valence electrons. The predicted molar refractivity (Wildman–Crippen MR) is 201 cm³/mol. The van der Waals surface area contributed by atoms with E-state index in [4.69, 9.17) is 15.0 Å². The van der Waals surface area contributed by atoms with Crippen LogP contribution in [0.3, 0.4) is 0 Å². The highest BCUT2D eigenvalue weighted by molar-refractivity contribution is 5.81. The van der Waals surface area contributed by atoms with Crippen molar-refractivity contribution < 1.29 is 0 Å². The maximum absolute atomic E-state index is 4.88. The lowest BCUT2D eigenvalue weighted by atomic mass is 10.1. The van der Waals surface area contributed by atoms with Gasteiger partial charge in [0.15, 0.2) is 17.5 Å². The molecule has 0 amide bonds. The molecule has 0 fully saturated rings. The number of pyridine rings is 2. The number of anilines is 6. The molecule has 5 aromatic carbocycles. The minimum Gasteiger partial charge on any atom is -0.311 e. The van der Waals surface area contributed by atoms with E-state index in [0.717, 1.165) is 50.8 Å². The van der Waals surface area contributed by atoms with Crippen molar-refractivity contribution in [2.75, 3.05) is 9.80 Å². The van der Waals surface area contributed by atoms with Gasteiger partial charge in [0, 0.05) is 75.6 Å². The molecule has 0 saturated heterocycles. The SMILES string of the molecule is c1ccc(N(c2ccccc2)c2ccc(N(c3ccccc3)c3ccc(-c4nc(-c5ccncc5)nc(-c5ccncc5)n4)cc3)cc2)cc1. The Labute approximate surface area is 290 Å². The highest BCUT2D eigenvalue weighted by atomic mass is 15.2. The number of hydrogen-bond donors (Lipinski definition) is 0. The molecule has 0 aliphatic rings. The fraction of sp³-hybridized carbons (Fsp3) is 0. The van der Waals surface area contributed by atoms with Gasteiger partial charge in [0.1, 0.15) is 0 Å². The van der Waals surface area contributed by atoms with E-state index in [9.17, 15) is 0 Å². The first-order valence-electron chi connectivity index (χ1n) is 16.3. The van der Waals surface area contributed by atoms with Gasteiger partial charge in [-0.05, 0) is 109 Å². The summed E-state index contributed by atoms with van der Waals surface area (Å²) in [6.07, 6.45) is 6.97. The molecule has 0 radical (unpaired) electrons. The molecule has 50 heavy (non-hydrogen) atoms. The van der Waals surface area contributed by atoms with Crippen LogP contribution in [0.25, 0.3) is 34.2 Å². The number of nitrogens with zero attached hydrogens (tertiary/aromatic N) is 7. The Morgan fingerprint density at radius 3 is 0.840 bits per heavy atom. The van der Waals surface area contributed by atoms with Gasteiger partial charge < -0.3 is 9.80 Å². The van der Waals surface area contributed by atoms with E-state index in [1.54, 1.807) is 24.8 Å². The third-order valence-corrected chi connectivity index (χ3v) is 8.31. The van der Waals surface area contributed by atoms with Crippen LogP contribution in [0.5, 0.6) is 0 Å². The van der Waals surface area contributed by atoms with Crippen LogP contribution >= 0.6 is 0 Å². The molecule has 0 spiro atoms. The number of rotatable bonds is 9. The maximum atomic E-state index is 4.88. The normalized spacial score (nSPS) is 10.8. The topological polar surface area (TPSA) is 70.9 Å². The molecule has 7 heteroatoms. The van der Waals surface area contributed by atoms with Crippen LogP contribution in [0.15, 0.2) is 189 Å². The molecule has 3 aromatic heterocycles. The van der Waals surface area contributed by atoms with E-state index < -0.39 is 0 Å². The molecular formula is C43H31N7. The smallest absolute Gasteiger partial charge is 0.164 e. The summed E-state index contributed by atoms with van der Waals surface area (Å²) in [5, 5.41) is 0. The second-order valence-corrected chi connectivity index (χ2v) is 11.5. The van der Waals surface area contributed by atoms with Crippen LogP contribution in [0.4, 0.5) is 34.1 Å². The predicted octanol–water partition coefficient (Wildman–Crippen LogP) is 10.6. The minimum atomic E-state index is 0.583. The third kappa shape index (κ3) is 6.43. The lowest BCUT2D eigenvalue weighted by Gasteiger charge is -2.28. The zero-order chi connectivity index (χ0) is 33.5. The van der Waals surface area contributed by atoms with Crippen LogP contribution in [-0.2, 0) is 0 Å². The van der Waals surface area contributed by atoms with E-state index in [2.05, 4.69) is 141 Å². The van der Waals surface area contributed by atoms with Crippen molar-refractivity contribution in [2.24, 2.45) is 0 Å². The molecule has 8 aromatic rings. The lowest BCUT2D eigenvalue weighted by Crippen LogP contribution is -2.12. The van der Waals surface area contributed by atoms with Crippen LogP contribution in [0.1, 0.15) is 0 Å². The zero-order valence-electron chi connectivity index (χ0n) is 27.0. The average molecular weight is 646 g/mol. The van der Waals surface area contributed by atoms with E-state index in [1.165, 1.54) is 0 Å². The van der Waals surface area contributed by atoms with Gasteiger partial charge in [-0.1, -0.05) is 54.6 Å². The first-order valence-corrected chi connectivity index (χ1v) is 16.3. The summed E-state index contributed by atoms with van der Waals surface area (Å²) in [6, 6.07) is 55.9. The van der Waals surface area contributed by atoms with Gasteiger partial charge in [0.25, 0.3) is 0 Å². The summed E-state index contributed by atoms with van der Waals surface area (Å²) in [6.45, 7) is 0. The van der Waals surface area contributed by atoms with Crippen molar-refractivity contribution in [3.8, 4) is 34.2 Å². The highest BCUT2D eigenvalue weighted by Crippen LogP contribution is 2.39. The molecule has 0 aliphatic heterocycles. The fourth-order valence-corrected chi connectivity index (χ4v) is 5.90. The van der Waals surface area contributed by atoms with Crippen molar-refractivity contribution in [3.63, 3.8) is 0 Å². The summed E-state index contributed by atoms with van der Waals surface area (Å²) in [5.41, 5.74) is 8.97. The highest BCUT2D eigenvalue weighted by Gasteiger charge is 2.17. The summed E-state index contributed by atoms with van der Waals surface area (Å²) >= 11 is 0. The number of para-hydroxylation sites is 3. The van der Waals surface area contributed by atoms with E-state index in [1.807, 2.05) is 42.5 Å². The first-order chi connectivity index (χ1) is 24.8. The Bertz CT molecular complexity index is 2190. The monoisotopic (exact) mass is 645 g/mol. The van der Waals surface area contributed by atoms with Crippen molar-refractivity contribution >= 4 is 34.1 Å². The lowest BCUT2D eigenvalue weighted by molar-refractivity contribution is 1.07. The van der Waals surface area contributed by atoms with E-state index >= 15 is 0 Å². The van der Waals surface area contributed by atoms with Crippen LogP contribution in [0, 0.1) is 0 Å². The van der Waals surface area contributed by atoms with Gasteiger partial charge >= 0.3 is 0 Å². The summed E-state index contributed by atoms with van der Waals surface area (Å²) in [5.74, 6) is 1.75. The van der Waals surface area contributed by atoms with Gasteiger partial charge in [-0.15, -0.1) is 0 Å². The molecule has 0 unspecified atom stereocenters. The first kappa shape index (κ1) is 30.4. The second-order valence-electron chi connectivity index (χ2n) is 11.5. The molecule has 0 N–H and O–H groups in total. The van der Waals surface area contributed by atoms with Crippen molar-refractivity contribution in [1.29, 1.82) is 0 Å². The molecule has 0 aliphatic carbocycles. The zero-order valence-corrected chi connectivity index (χ0v) is 27.0. The fourth-order valence-electron chi connectivity index (χ4n) is 5.90. The van der Waals surface area contributed by atoms with Crippen molar-refractivity contribution in [1.82, 2.24) is 24.9 Å². The van der Waals surface area contributed by atoms with Gasteiger partial charge in [-0.25, -0.2) is 15.0 Å². The number of benzene rings is 5. The molecule has 7 nitrogen and oxygen atoms in total. The maximum Gasteiger partial charge on any atom is 0.164 e. The summed E-state index contributed by atoms with van der Waals surface area (Å²) in [7, 11) is 0. The Hall–Kier alpha value is -6.99. The Morgan fingerprint density at radius 2 is 0.520 bits per heavy atom.